The van der Waals surface area contributed by atoms with Gasteiger partial charge in [0.15, 0.2) is 0 Å². The van der Waals surface area contributed by atoms with Crippen LogP contribution in [0.25, 0.3) is 5.57 Å². The highest BCUT2D eigenvalue weighted by Crippen LogP contribution is 2.41. The first-order valence-corrected chi connectivity index (χ1v) is 8.56. The molecule has 2 fully saturated rings. The van der Waals surface area contributed by atoms with Gasteiger partial charge in [-0.05, 0) is 18.9 Å². The van der Waals surface area contributed by atoms with E-state index in [1.807, 2.05) is 24.3 Å². The molecule has 1 aliphatic carbocycles. The number of anilines is 1. The van der Waals surface area contributed by atoms with Crippen LogP contribution in [-0.2, 0) is 14.4 Å². The maximum absolute atomic E-state index is 12.9. The summed E-state index contributed by atoms with van der Waals surface area (Å²) in [5, 5.41) is 0. The number of benzene rings is 1. The molecule has 1 saturated carbocycles. The second-order valence-electron chi connectivity index (χ2n) is 6.77. The van der Waals surface area contributed by atoms with E-state index in [1.165, 1.54) is 4.90 Å². The van der Waals surface area contributed by atoms with Crippen molar-refractivity contribution in [2.24, 2.45) is 0 Å². The first-order chi connectivity index (χ1) is 11.6. The maximum Gasteiger partial charge on any atom is 0.259 e. The van der Waals surface area contributed by atoms with Gasteiger partial charge in [0.25, 0.3) is 11.8 Å². The van der Waals surface area contributed by atoms with Gasteiger partial charge in [-0.25, -0.2) is 0 Å². The van der Waals surface area contributed by atoms with Gasteiger partial charge in [-0.2, -0.15) is 0 Å². The number of hydrogen-bond donors (Lipinski definition) is 0. The minimum absolute atomic E-state index is 0.00123. The van der Waals surface area contributed by atoms with E-state index in [1.54, 1.807) is 11.9 Å². The van der Waals surface area contributed by atoms with Crippen molar-refractivity contribution < 1.29 is 14.4 Å². The van der Waals surface area contributed by atoms with E-state index in [9.17, 15) is 14.4 Å². The van der Waals surface area contributed by atoms with Crippen molar-refractivity contribution in [2.45, 2.75) is 44.6 Å². The summed E-state index contributed by atoms with van der Waals surface area (Å²) in [4.78, 5) is 41.1. The number of likely N-dealkylation sites (tertiary alicyclic amines) is 1. The summed E-state index contributed by atoms with van der Waals surface area (Å²) < 4.78 is 0. The fourth-order valence-corrected chi connectivity index (χ4v) is 4.14. The largest absolute Gasteiger partial charge is 0.311 e. The normalized spacial score (nSPS) is 25.0. The molecule has 0 radical (unpaired) electrons. The highest BCUT2D eigenvalue weighted by atomic mass is 16.2. The molecule has 1 aromatic carbocycles. The minimum Gasteiger partial charge on any atom is -0.311 e. The lowest BCUT2D eigenvalue weighted by Gasteiger charge is -2.29. The molecule has 0 atom stereocenters. The van der Waals surface area contributed by atoms with Crippen molar-refractivity contribution in [1.29, 1.82) is 0 Å². The molecule has 5 nitrogen and oxygen atoms in total. The third-order valence-electron chi connectivity index (χ3n) is 5.37. The third kappa shape index (κ3) is 2.11. The third-order valence-corrected chi connectivity index (χ3v) is 5.37. The first-order valence-electron chi connectivity index (χ1n) is 8.56. The Kier molecular flexibility index (Phi) is 3.52. The SMILES string of the molecule is CN1C(=O)C(=C2CC(=O)N(C3CCCCC3)C2=O)c2ccccc21. The Hall–Kier alpha value is -2.43. The molecular formula is C19H20N2O3. The molecule has 124 valence electrons. The van der Waals surface area contributed by atoms with Crippen LogP contribution in [0.4, 0.5) is 5.69 Å². The Morgan fingerprint density at radius 2 is 1.67 bits per heavy atom. The lowest BCUT2D eigenvalue weighted by molar-refractivity contribution is -0.141. The molecule has 0 bridgehead atoms. The van der Waals surface area contributed by atoms with Crippen LogP contribution < -0.4 is 4.90 Å². The van der Waals surface area contributed by atoms with E-state index in [-0.39, 0.29) is 30.2 Å². The summed E-state index contributed by atoms with van der Waals surface area (Å²) in [6, 6.07) is 7.43. The van der Waals surface area contributed by atoms with E-state index < -0.39 is 0 Å². The first kappa shape index (κ1) is 15.1. The van der Waals surface area contributed by atoms with Gasteiger partial charge in [-0.3, -0.25) is 19.3 Å². The highest BCUT2D eigenvalue weighted by molar-refractivity contribution is 6.38. The number of likely N-dealkylation sites (N-methyl/N-ethyl adjacent to an activating group) is 1. The number of fused-ring (bicyclic) bond motifs is 1. The molecule has 24 heavy (non-hydrogen) atoms. The van der Waals surface area contributed by atoms with Gasteiger partial charge in [-0.15, -0.1) is 0 Å². The summed E-state index contributed by atoms with van der Waals surface area (Å²) in [5.41, 5.74) is 2.32. The van der Waals surface area contributed by atoms with E-state index in [0.29, 0.717) is 11.1 Å². The molecule has 0 N–H and O–H groups in total. The predicted molar refractivity (Wildman–Crippen MR) is 90.1 cm³/mol. The predicted octanol–water partition coefficient (Wildman–Crippen LogP) is 2.51. The Labute approximate surface area is 140 Å². The zero-order valence-electron chi connectivity index (χ0n) is 13.7. The van der Waals surface area contributed by atoms with Crippen LogP contribution in [0.5, 0.6) is 0 Å². The van der Waals surface area contributed by atoms with Crippen LogP contribution in [0.1, 0.15) is 44.1 Å². The number of carbonyl (C=O) groups is 3. The van der Waals surface area contributed by atoms with E-state index in [0.717, 1.165) is 43.4 Å². The Balaban J connectivity index is 1.77. The zero-order chi connectivity index (χ0) is 16.8. The van der Waals surface area contributed by atoms with Crippen molar-refractivity contribution in [3.63, 3.8) is 0 Å². The zero-order valence-corrected chi connectivity index (χ0v) is 13.7. The fourth-order valence-electron chi connectivity index (χ4n) is 4.14. The molecule has 1 aromatic rings. The van der Waals surface area contributed by atoms with E-state index in [4.69, 9.17) is 0 Å². The second-order valence-corrected chi connectivity index (χ2v) is 6.77. The minimum atomic E-state index is -0.264. The monoisotopic (exact) mass is 324 g/mol. The molecule has 2 aliphatic heterocycles. The number of amides is 3. The number of hydrogen-bond acceptors (Lipinski definition) is 3. The van der Waals surface area contributed by atoms with Gasteiger partial charge in [0.05, 0.1) is 17.7 Å². The average Bonchev–Trinajstić information content (AvgIpc) is 3.03. The second kappa shape index (κ2) is 5.58. The standard InChI is InChI=1S/C19H20N2O3/c1-20-15-10-6-5-9-13(15)17(19(20)24)14-11-16(22)21(18(14)23)12-7-3-2-4-8-12/h5-6,9-10,12H,2-4,7-8,11H2,1H3. The molecule has 3 aliphatic rings. The van der Waals surface area contributed by atoms with Gasteiger partial charge < -0.3 is 4.90 Å². The Bertz CT molecular complexity index is 775. The smallest absolute Gasteiger partial charge is 0.259 e. The lowest BCUT2D eigenvalue weighted by atomic mass is 9.94. The summed E-state index contributed by atoms with van der Waals surface area (Å²) in [6.45, 7) is 0. The van der Waals surface area contributed by atoms with Crippen molar-refractivity contribution in [1.82, 2.24) is 4.90 Å². The summed E-state index contributed by atoms with van der Waals surface area (Å²) >= 11 is 0. The van der Waals surface area contributed by atoms with Crippen LogP contribution in [0.2, 0.25) is 0 Å². The van der Waals surface area contributed by atoms with Crippen molar-refractivity contribution >= 4 is 29.0 Å². The molecule has 0 aromatic heterocycles. The van der Waals surface area contributed by atoms with Crippen molar-refractivity contribution in [2.75, 3.05) is 11.9 Å². The Morgan fingerprint density at radius 3 is 2.42 bits per heavy atom. The van der Waals surface area contributed by atoms with Crippen LogP contribution in [-0.4, -0.2) is 35.7 Å². The van der Waals surface area contributed by atoms with E-state index >= 15 is 0 Å². The number of imide groups is 1. The summed E-state index contributed by atoms with van der Waals surface area (Å²) in [6.07, 6.45) is 5.07. The van der Waals surface area contributed by atoms with Gasteiger partial charge in [0, 0.05) is 24.2 Å². The number of rotatable bonds is 1. The van der Waals surface area contributed by atoms with Gasteiger partial charge >= 0.3 is 0 Å². The lowest BCUT2D eigenvalue weighted by Crippen LogP contribution is -2.40. The van der Waals surface area contributed by atoms with Gasteiger partial charge in [-0.1, -0.05) is 37.5 Å². The van der Waals surface area contributed by atoms with Crippen molar-refractivity contribution in [3.05, 3.63) is 35.4 Å². The topological polar surface area (TPSA) is 57.7 Å². The van der Waals surface area contributed by atoms with Crippen LogP contribution >= 0.6 is 0 Å². The van der Waals surface area contributed by atoms with Crippen LogP contribution in [0, 0.1) is 0 Å². The highest BCUT2D eigenvalue weighted by Gasteiger charge is 2.44. The number of nitrogens with zero attached hydrogens (tertiary/aromatic N) is 2. The van der Waals surface area contributed by atoms with Crippen molar-refractivity contribution in [3.8, 4) is 0 Å². The molecule has 1 saturated heterocycles. The molecule has 2 heterocycles. The van der Waals surface area contributed by atoms with Crippen LogP contribution in [0.15, 0.2) is 29.8 Å². The molecule has 4 rings (SSSR count). The molecule has 5 heteroatoms. The van der Waals surface area contributed by atoms with Gasteiger partial charge in [0.1, 0.15) is 0 Å². The molecular weight excluding hydrogens is 304 g/mol. The average molecular weight is 324 g/mol. The molecule has 0 spiro atoms. The summed E-state index contributed by atoms with van der Waals surface area (Å²) in [5.74, 6) is -0.618. The molecule has 3 amide bonds. The Morgan fingerprint density at radius 1 is 0.958 bits per heavy atom. The number of carbonyl (C=O) groups excluding carboxylic acids is 3. The fraction of sp³-hybridized carbons (Fsp3) is 0.421. The number of para-hydroxylation sites is 1. The molecule has 0 unspecified atom stereocenters. The van der Waals surface area contributed by atoms with E-state index in [2.05, 4.69) is 0 Å². The summed E-state index contributed by atoms with van der Waals surface area (Å²) in [7, 11) is 1.70. The van der Waals surface area contributed by atoms with Crippen LogP contribution in [0.3, 0.4) is 0 Å². The van der Waals surface area contributed by atoms with Gasteiger partial charge in [0.2, 0.25) is 5.91 Å². The quantitative estimate of drug-likeness (QED) is 0.589. The maximum atomic E-state index is 12.9.